The molecular weight excluding hydrogens is 280 g/mol. The summed E-state index contributed by atoms with van der Waals surface area (Å²) < 4.78 is 4.67. The van der Waals surface area contributed by atoms with Crippen LogP contribution in [0, 0.1) is 0 Å². The molecule has 2 N–H and O–H groups in total. The number of methoxy groups -OCH3 is 1. The summed E-state index contributed by atoms with van der Waals surface area (Å²) in [6.45, 7) is 9.55. The fourth-order valence-electron chi connectivity index (χ4n) is 2.18. The molecule has 1 aromatic carbocycles. The van der Waals surface area contributed by atoms with Gasteiger partial charge in [0.25, 0.3) is 0 Å². The SMILES string of the molecule is CCC(=O)NC(C)(C)c1cccc(C(C)(C)NC(=O)OC)c1. The molecule has 1 aromatic rings. The lowest BCUT2D eigenvalue weighted by atomic mass is 9.87. The summed E-state index contributed by atoms with van der Waals surface area (Å²) in [7, 11) is 1.34. The molecule has 0 spiro atoms. The molecule has 5 heteroatoms. The lowest BCUT2D eigenvalue weighted by molar-refractivity contribution is -0.122. The van der Waals surface area contributed by atoms with Crippen LogP contribution in [0.25, 0.3) is 0 Å². The van der Waals surface area contributed by atoms with Crippen LogP contribution < -0.4 is 10.6 Å². The number of ether oxygens (including phenoxy) is 1. The van der Waals surface area contributed by atoms with Crippen LogP contribution >= 0.6 is 0 Å². The number of hydrogen-bond acceptors (Lipinski definition) is 3. The van der Waals surface area contributed by atoms with E-state index in [-0.39, 0.29) is 5.91 Å². The molecule has 0 aromatic heterocycles. The monoisotopic (exact) mass is 306 g/mol. The second kappa shape index (κ2) is 6.81. The van der Waals surface area contributed by atoms with Gasteiger partial charge in [-0.15, -0.1) is 0 Å². The van der Waals surface area contributed by atoms with Crippen LogP contribution in [0.1, 0.15) is 52.2 Å². The van der Waals surface area contributed by atoms with Gasteiger partial charge in [-0.2, -0.15) is 0 Å². The van der Waals surface area contributed by atoms with Crippen LogP contribution in [0.2, 0.25) is 0 Å². The fraction of sp³-hybridized carbons (Fsp3) is 0.529. The highest BCUT2D eigenvalue weighted by Gasteiger charge is 2.27. The van der Waals surface area contributed by atoms with Crippen LogP contribution in [0.4, 0.5) is 4.79 Å². The standard InChI is InChI=1S/C17H26N2O3/c1-7-14(20)18-16(2,3)12-9-8-10-13(11-12)17(4,5)19-15(21)22-6/h8-11H,7H2,1-6H3,(H,18,20)(H,19,21). The van der Waals surface area contributed by atoms with Gasteiger partial charge >= 0.3 is 6.09 Å². The highest BCUT2D eigenvalue weighted by Crippen LogP contribution is 2.26. The van der Waals surface area contributed by atoms with Gasteiger partial charge in [-0.1, -0.05) is 31.2 Å². The second-order valence-electron chi connectivity index (χ2n) is 6.35. The summed E-state index contributed by atoms with van der Waals surface area (Å²) in [6, 6.07) is 7.82. The molecule has 122 valence electrons. The fourth-order valence-corrected chi connectivity index (χ4v) is 2.18. The molecule has 0 heterocycles. The van der Waals surface area contributed by atoms with Gasteiger partial charge in [0, 0.05) is 6.42 Å². The third kappa shape index (κ3) is 4.48. The molecule has 22 heavy (non-hydrogen) atoms. The summed E-state index contributed by atoms with van der Waals surface area (Å²) >= 11 is 0. The molecule has 0 bridgehead atoms. The Morgan fingerprint density at radius 1 is 1.05 bits per heavy atom. The van der Waals surface area contributed by atoms with Gasteiger partial charge in [-0.3, -0.25) is 4.79 Å². The number of alkyl carbamates (subject to hydrolysis) is 1. The number of benzene rings is 1. The van der Waals surface area contributed by atoms with Crippen molar-refractivity contribution in [1.82, 2.24) is 10.6 Å². The number of nitrogens with one attached hydrogen (secondary N) is 2. The van der Waals surface area contributed by atoms with E-state index in [4.69, 9.17) is 0 Å². The predicted molar refractivity (Wildman–Crippen MR) is 86.5 cm³/mol. The van der Waals surface area contributed by atoms with Crippen molar-refractivity contribution in [1.29, 1.82) is 0 Å². The van der Waals surface area contributed by atoms with E-state index in [1.807, 2.05) is 58.9 Å². The van der Waals surface area contributed by atoms with Gasteiger partial charge in [0.1, 0.15) is 0 Å². The molecule has 0 saturated heterocycles. The first-order valence-corrected chi connectivity index (χ1v) is 7.40. The Labute approximate surface area is 132 Å². The summed E-state index contributed by atoms with van der Waals surface area (Å²) in [5.41, 5.74) is 0.860. The maximum absolute atomic E-state index is 11.7. The van der Waals surface area contributed by atoms with E-state index in [0.29, 0.717) is 6.42 Å². The van der Waals surface area contributed by atoms with Crippen molar-refractivity contribution in [2.45, 2.75) is 52.1 Å². The average molecular weight is 306 g/mol. The summed E-state index contributed by atoms with van der Waals surface area (Å²) in [5.74, 6) is 0.00218. The van der Waals surface area contributed by atoms with Crippen molar-refractivity contribution in [3.8, 4) is 0 Å². The largest absolute Gasteiger partial charge is 0.453 e. The Hall–Kier alpha value is -2.04. The molecule has 0 radical (unpaired) electrons. The Balaban J connectivity index is 3.08. The molecule has 0 atom stereocenters. The zero-order valence-corrected chi connectivity index (χ0v) is 14.2. The number of carbonyl (C=O) groups is 2. The number of amides is 2. The molecule has 1 rings (SSSR count). The van der Waals surface area contributed by atoms with E-state index in [1.165, 1.54) is 7.11 Å². The third-order valence-corrected chi connectivity index (χ3v) is 3.68. The quantitative estimate of drug-likeness (QED) is 0.878. The number of hydrogen-bond donors (Lipinski definition) is 2. The van der Waals surface area contributed by atoms with Gasteiger partial charge < -0.3 is 15.4 Å². The Kier molecular flexibility index (Phi) is 5.58. The van der Waals surface area contributed by atoms with Crippen LogP contribution in [-0.2, 0) is 20.6 Å². The maximum Gasteiger partial charge on any atom is 0.407 e. The molecule has 0 aliphatic heterocycles. The third-order valence-electron chi connectivity index (χ3n) is 3.68. The van der Waals surface area contributed by atoms with E-state index in [9.17, 15) is 9.59 Å². The van der Waals surface area contributed by atoms with Crippen LogP contribution in [0.15, 0.2) is 24.3 Å². The molecule has 0 aliphatic carbocycles. The molecule has 5 nitrogen and oxygen atoms in total. The first kappa shape index (κ1) is 18.0. The van der Waals surface area contributed by atoms with Crippen molar-refractivity contribution in [3.63, 3.8) is 0 Å². The van der Waals surface area contributed by atoms with Crippen molar-refractivity contribution in [2.24, 2.45) is 0 Å². The molecule has 0 unspecified atom stereocenters. The molecule has 0 aliphatic rings. The van der Waals surface area contributed by atoms with Gasteiger partial charge in [0.2, 0.25) is 5.91 Å². The van der Waals surface area contributed by atoms with Gasteiger partial charge in [0.15, 0.2) is 0 Å². The van der Waals surface area contributed by atoms with E-state index in [1.54, 1.807) is 0 Å². The van der Waals surface area contributed by atoms with Crippen LogP contribution in [0.5, 0.6) is 0 Å². The van der Waals surface area contributed by atoms with E-state index < -0.39 is 17.2 Å². The van der Waals surface area contributed by atoms with Crippen molar-refractivity contribution in [2.75, 3.05) is 7.11 Å². The van der Waals surface area contributed by atoms with Crippen molar-refractivity contribution < 1.29 is 14.3 Å². The maximum atomic E-state index is 11.7. The summed E-state index contributed by atoms with van der Waals surface area (Å²) in [4.78, 5) is 23.2. The van der Waals surface area contributed by atoms with Crippen molar-refractivity contribution >= 4 is 12.0 Å². The predicted octanol–water partition coefficient (Wildman–Crippen LogP) is 3.04. The first-order valence-electron chi connectivity index (χ1n) is 7.40. The molecule has 0 fully saturated rings. The highest BCUT2D eigenvalue weighted by molar-refractivity contribution is 5.76. The smallest absolute Gasteiger partial charge is 0.407 e. The van der Waals surface area contributed by atoms with Crippen LogP contribution in [-0.4, -0.2) is 19.1 Å². The van der Waals surface area contributed by atoms with E-state index in [2.05, 4.69) is 15.4 Å². The lowest BCUT2D eigenvalue weighted by Gasteiger charge is -2.30. The molecule has 2 amide bonds. The summed E-state index contributed by atoms with van der Waals surface area (Å²) in [6.07, 6.45) is -0.0349. The normalized spacial score (nSPS) is 11.7. The van der Waals surface area contributed by atoms with Crippen LogP contribution in [0.3, 0.4) is 0 Å². The van der Waals surface area contributed by atoms with Crippen molar-refractivity contribution in [3.05, 3.63) is 35.4 Å². The Morgan fingerprint density at radius 2 is 1.55 bits per heavy atom. The van der Waals surface area contributed by atoms with Gasteiger partial charge in [-0.05, 0) is 38.8 Å². The Morgan fingerprint density at radius 3 is 2.00 bits per heavy atom. The first-order chi connectivity index (χ1) is 10.1. The molecule has 0 saturated carbocycles. The minimum absolute atomic E-state index is 0.00218. The van der Waals surface area contributed by atoms with Gasteiger partial charge in [-0.25, -0.2) is 4.79 Å². The lowest BCUT2D eigenvalue weighted by Crippen LogP contribution is -2.42. The summed E-state index contributed by atoms with van der Waals surface area (Å²) in [5, 5.41) is 5.81. The van der Waals surface area contributed by atoms with Gasteiger partial charge in [0.05, 0.1) is 18.2 Å². The van der Waals surface area contributed by atoms with E-state index in [0.717, 1.165) is 11.1 Å². The minimum Gasteiger partial charge on any atom is -0.453 e. The topological polar surface area (TPSA) is 67.4 Å². The number of rotatable bonds is 5. The number of carbonyl (C=O) groups excluding carboxylic acids is 2. The minimum atomic E-state index is -0.575. The zero-order valence-electron chi connectivity index (χ0n) is 14.2. The second-order valence-corrected chi connectivity index (χ2v) is 6.35. The highest BCUT2D eigenvalue weighted by atomic mass is 16.5. The average Bonchev–Trinajstić information content (AvgIpc) is 2.46. The van der Waals surface area contributed by atoms with E-state index >= 15 is 0 Å². The molecular formula is C17H26N2O3. The zero-order chi connectivity index (χ0) is 17.0. The Bertz CT molecular complexity index is 505.